The number of guanidine groups is 1. The van der Waals surface area contributed by atoms with Gasteiger partial charge in [0.25, 0.3) is 0 Å². The molecule has 112 valence electrons. The van der Waals surface area contributed by atoms with Crippen LogP contribution in [-0.2, 0) is 0 Å². The van der Waals surface area contributed by atoms with E-state index in [-0.39, 0.29) is 35.6 Å². The highest BCUT2D eigenvalue weighted by atomic mass is 127. The van der Waals surface area contributed by atoms with E-state index >= 15 is 0 Å². The van der Waals surface area contributed by atoms with Crippen molar-refractivity contribution in [2.45, 2.75) is 6.42 Å². The zero-order chi connectivity index (χ0) is 13.8. The van der Waals surface area contributed by atoms with E-state index in [0.717, 1.165) is 37.7 Å². The normalized spacial score (nSPS) is 19.8. The van der Waals surface area contributed by atoms with Gasteiger partial charge in [-0.3, -0.25) is 4.99 Å². The molecule has 7 heteroatoms. The van der Waals surface area contributed by atoms with Crippen LogP contribution in [-0.4, -0.2) is 37.5 Å². The molecule has 0 aromatic heterocycles. The van der Waals surface area contributed by atoms with Crippen molar-refractivity contribution in [3.8, 4) is 0 Å². The lowest BCUT2D eigenvalue weighted by molar-refractivity contribution is 0.397. The molecule has 3 N–H and O–H groups in total. The molecule has 1 fully saturated rings. The van der Waals surface area contributed by atoms with Gasteiger partial charge in [-0.2, -0.15) is 0 Å². The van der Waals surface area contributed by atoms with Crippen LogP contribution in [0.5, 0.6) is 0 Å². The molecule has 0 bridgehead atoms. The number of rotatable bonds is 3. The second-order valence-electron chi connectivity index (χ2n) is 4.89. The Balaban J connectivity index is 0.00000200. The molecule has 0 amide bonds. The van der Waals surface area contributed by atoms with E-state index in [1.165, 1.54) is 0 Å². The maximum atomic E-state index is 13.4. The van der Waals surface area contributed by atoms with Crippen molar-refractivity contribution in [1.29, 1.82) is 0 Å². The lowest BCUT2D eigenvalue weighted by Crippen LogP contribution is -2.25. The van der Waals surface area contributed by atoms with Gasteiger partial charge in [0.2, 0.25) is 0 Å². The molecule has 1 saturated heterocycles. The van der Waals surface area contributed by atoms with Gasteiger partial charge in [0.1, 0.15) is 11.6 Å². The molecule has 1 atom stereocenters. The van der Waals surface area contributed by atoms with Crippen molar-refractivity contribution in [2.75, 3.05) is 32.0 Å². The number of halogens is 3. The molecular formula is C13H19F2IN4. The molecule has 2 rings (SSSR count). The van der Waals surface area contributed by atoms with Gasteiger partial charge >= 0.3 is 0 Å². The maximum Gasteiger partial charge on any atom is 0.193 e. The first-order valence-electron chi connectivity index (χ1n) is 6.25. The maximum absolute atomic E-state index is 13.4. The van der Waals surface area contributed by atoms with Gasteiger partial charge in [0.05, 0.1) is 5.69 Å². The van der Waals surface area contributed by atoms with E-state index in [0.29, 0.717) is 12.5 Å². The number of hydrogen-bond acceptors (Lipinski definition) is 2. The first-order valence-corrected chi connectivity index (χ1v) is 6.25. The third-order valence-electron chi connectivity index (χ3n) is 3.20. The molecule has 0 saturated carbocycles. The molecule has 1 aromatic carbocycles. The van der Waals surface area contributed by atoms with Gasteiger partial charge in [-0.1, -0.05) is 0 Å². The molecule has 1 heterocycles. The van der Waals surface area contributed by atoms with E-state index in [4.69, 9.17) is 5.73 Å². The van der Waals surface area contributed by atoms with Crippen molar-refractivity contribution >= 4 is 35.6 Å². The Bertz CT molecular complexity index is 481. The highest BCUT2D eigenvalue weighted by molar-refractivity contribution is 14.0. The van der Waals surface area contributed by atoms with Crippen LogP contribution in [0.15, 0.2) is 23.2 Å². The summed E-state index contributed by atoms with van der Waals surface area (Å²) in [4.78, 5) is 6.41. The predicted octanol–water partition coefficient (Wildman–Crippen LogP) is 2.26. The molecule has 0 radical (unpaired) electrons. The summed E-state index contributed by atoms with van der Waals surface area (Å²) in [5, 5.41) is 2.59. The summed E-state index contributed by atoms with van der Waals surface area (Å²) in [6.45, 7) is 2.65. The van der Waals surface area contributed by atoms with Gasteiger partial charge in [0.15, 0.2) is 5.96 Å². The zero-order valence-electron chi connectivity index (χ0n) is 11.3. The average molecular weight is 396 g/mol. The number of likely N-dealkylation sites (tertiary alicyclic amines) is 1. The van der Waals surface area contributed by atoms with Crippen LogP contribution in [0.25, 0.3) is 0 Å². The average Bonchev–Trinajstić information content (AvgIpc) is 2.77. The molecule has 4 nitrogen and oxygen atoms in total. The van der Waals surface area contributed by atoms with Gasteiger partial charge in [-0.25, -0.2) is 8.78 Å². The van der Waals surface area contributed by atoms with Crippen LogP contribution < -0.4 is 11.1 Å². The van der Waals surface area contributed by atoms with Crippen molar-refractivity contribution in [1.82, 2.24) is 4.90 Å². The first-order chi connectivity index (χ1) is 9.04. The number of aliphatic imine (C=N–C) groups is 1. The van der Waals surface area contributed by atoms with Crippen molar-refractivity contribution in [3.63, 3.8) is 0 Å². The Morgan fingerprint density at radius 2 is 2.25 bits per heavy atom. The van der Waals surface area contributed by atoms with Gasteiger partial charge < -0.3 is 16.0 Å². The van der Waals surface area contributed by atoms with Crippen LogP contribution in [0.4, 0.5) is 14.5 Å². The number of nitrogens with zero attached hydrogens (tertiary/aromatic N) is 2. The SMILES string of the molecule is CN1CCC(CN=C(N)Nc2cc(F)ccc2F)C1.I. The Kier molecular flexibility index (Phi) is 6.60. The Morgan fingerprint density at radius 3 is 2.90 bits per heavy atom. The minimum Gasteiger partial charge on any atom is -0.370 e. The van der Waals surface area contributed by atoms with E-state index in [2.05, 4.69) is 22.3 Å². The zero-order valence-corrected chi connectivity index (χ0v) is 13.6. The molecule has 20 heavy (non-hydrogen) atoms. The lowest BCUT2D eigenvalue weighted by atomic mass is 10.1. The molecule has 0 spiro atoms. The van der Waals surface area contributed by atoms with Crippen LogP contribution >= 0.6 is 24.0 Å². The summed E-state index contributed by atoms with van der Waals surface area (Å²) in [6, 6.07) is 3.17. The Morgan fingerprint density at radius 1 is 1.50 bits per heavy atom. The summed E-state index contributed by atoms with van der Waals surface area (Å²) in [5.41, 5.74) is 5.68. The number of nitrogens with one attached hydrogen (secondary N) is 1. The third kappa shape index (κ3) is 4.86. The standard InChI is InChI=1S/C13H18F2N4.HI/c1-19-5-4-9(8-19)7-17-13(16)18-12-6-10(14)2-3-11(12)15;/h2-3,6,9H,4-5,7-8H2,1H3,(H3,16,17,18);1H. The van der Waals surface area contributed by atoms with Gasteiger partial charge in [0, 0.05) is 19.2 Å². The fraction of sp³-hybridized carbons (Fsp3) is 0.462. The minimum absolute atomic E-state index is 0. The summed E-state index contributed by atoms with van der Waals surface area (Å²) < 4.78 is 26.4. The molecule has 1 aliphatic heterocycles. The largest absolute Gasteiger partial charge is 0.370 e. The molecule has 1 aliphatic rings. The highest BCUT2D eigenvalue weighted by Crippen LogP contribution is 2.16. The second kappa shape index (κ2) is 7.72. The Hall–Kier alpha value is -0.960. The molecule has 0 aliphatic carbocycles. The molecular weight excluding hydrogens is 377 g/mol. The van der Waals surface area contributed by atoms with Crippen LogP contribution in [0.1, 0.15) is 6.42 Å². The predicted molar refractivity (Wildman–Crippen MR) is 87.5 cm³/mol. The summed E-state index contributed by atoms with van der Waals surface area (Å²) in [5.74, 6) is -0.490. The third-order valence-corrected chi connectivity index (χ3v) is 3.20. The number of benzene rings is 1. The molecule has 1 aromatic rings. The van der Waals surface area contributed by atoms with Gasteiger partial charge in [-0.15, -0.1) is 24.0 Å². The number of hydrogen-bond donors (Lipinski definition) is 2. The van der Waals surface area contributed by atoms with E-state index in [9.17, 15) is 8.78 Å². The van der Waals surface area contributed by atoms with Crippen molar-refractivity contribution in [3.05, 3.63) is 29.8 Å². The summed E-state index contributed by atoms with van der Waals surface area (Å²) >= 11 is 0. The lowest BCUT2D eigenvalue weighted by Gasteiger charge is -2.10. The fourth-order valence-corrected chi connectivity index (χ4v) is 2.17. The highest BCUT2D eigenvalue weighted by Gasteiger charge is 2.18. The van der Waals surface area contributed by atoms with Crippen molar-refractivity contribution in [2.24, 2.45) is 16.6 Å². The quantitative estimate of drug-likeness (QED) is 0.468. The topological polar surface area (TPSA) is 53.6 Å². The summed E-state index contributed by atoms with van der Waals surface area (Å²) in [6.07, 6.45) is 1.08. The smallest absolute Gasteiger partial charge is 0.193 e. The molecule has 1 unspecified atom stereocenters. The number of anilines is 1. The van der Waals surface area contributed by atoms with E-state index in [1.807, 2.05) is 0 Å². The summed E-state index contributed by atoms with van der Waals surface area (Å²) in [7, 11) is 2.06. The van der Waals surface area contributed by atoms with Crippen LogP contribution in [0.2, 0.25) is 0 Å². The number of nitrogens with two attached hydrogens (primary N) is 1. The van der Waals surface area contributed by atoms with Gasteiger partial charge in [-0.05, 0) is 38.1 Å². The van der Waals surface area contributed by atoms with E-state index in [1.54, 1.807) is 0 Å². The minimum atomic E-state index is -0.555. The monoisotopic (exact) mass is 396 g/mol. The van der Waals surface area contributed by atoms with E-state index < -0.39 is 11.6 Å². The Labute approximate surface area is 134 Å². The van der Waals surface area contributed by atoms with Crippen LogP contribution in [0, 0.1) is 17.6 Å². The second-order valence-corrected chi connectivity index (χ2v) is 4.89. The van der Waals surface area contributed by atoms with Crippen molar-refractivity contribution < 1.29 is 8.78 Å². The fourth-order valence-electron chi connectivity index (χ4n) is 2.17. The van der Waals surface area contributed by atoms with Crippen LogP contribution in [0.3, 0.4) is 0 Å². The first kappa shape index (κ1) is 17.1.